The van der Waals surface area contributed by atoms with Gasteiger partial charge in [-0.05, 0) is 12.1 Å². The Morgan fingerprint density at radius 1 is 1.57 bits per heavy atom. The molecule has 0 spiro atoms. The average Bonchev–Trinajstić information content (AvgIpc) is 2.50. The van der Waals surface area contributed by atoms with E-state index in [2.05, 4.69) is 0 Å². The maximum atomic E-state index is 10.5. The van der Waals surface area contributed by atoms with Crippen molar-refractivity contribution in [2.75, 3.05) is 13.2 Å². The third kappa shape index (κ3) is 2.10. The summed E-state index contributed by atoms with van der Waals surface area (Å²) in [5.41, 5.74) is 0. The van der Waals surface area contributed by atoms with Gasteiger partial charge in [0.25, 0.3) is 0 Å². The van der Waals surface area contributed by atoms with Crippen LogP contribution >= 0.6 is 11.8 Å². The Morgan fingerprint density at radius 3 is 2.86 bits per heavy atom. The lowest BCUT2D eigenvalue weighted by atomic mass is 10.4. The standard InChI is InChI=1S/C9H10O4S/c10-9(11)8-2-1-6(13-8)5-14-7-3-12-4-7/h1-2,7H,3-5H2,(H,10,11). The quantitative estimate of drug-likeness (QED) is 0.825. The summed E-state index contributed by atoms with van der Waals surface area (Å²) in [4.78, 5) is 10.5. The van der Waals surface area contributed by atoms with E-state index in [0.717, 1.165) is 13.2 Å². The van der Waals surface area contributed by atoms with Crippen molar-refractivity contribution < 1.29 is 19.1 Å². The molecule has 14 heavy (non-hydrogen) atoms. The smallest absolute Gasteiger partial charge is 0.371 e. The van der Waals surface area contributed by atoms with E-state index >= 15 is 0 Å². The number of ether oxygens (including phenoxy) is 1. The molecule has 0 bridgehead atoms. The fraction of sp³-hybridized carbons (Fsp3) is 0.444. The zero-order valence-corrected chi connectivity index (χ0v) is 8.25. The van der Waals surface area contributed by atoms with Crippen molar-refractivity contribution in [1.82, 2.24) is 0 Å². The lowest BCUT2D eigenvalue weighted by Gasteiger charge is -2.24. The molecule has 1 N–H and O–H groups in total. The topological polar surface area (TPSA) is 59.7 Å². The number of furan rings is 1. The van der Waals surface area contributed by atoms with Gasteiger partial charge in [-0.25, -0.2) is 4.79 Å². The van der Waals surface area contributed by atoms with Crippen LogP contribution in [0.1, 0.15) is 16.3 Å². The summed E-state index contributed by atoms with van der Waals surface area (Å²) in [7, 11) is 0. The Bertz CT molecular complexity index is 329. The highest BCUT2D eigenvalue weighted by Crippen LogP contribution is 2.24. The molecule has 1 aromatic heterocycles. The lowest BCUT2D eigenvalue weighted by molar-refractivity contribution is 0.0454. The molecule has 0 saturated carbocycles. The molecule has 0 atom stereocenters. The Hall–Kier alpha value is -0.940. The zero-order valence-electron chi connectivity index (χ0n) is 7.43. The van der Waals surface area contributed by atoms with Crippen molar-refractivity contribution in [3.05, 3.63) is 23.7 Å². The van der Waals surface area contributed by atoms with Crippen molar-refractivity contribution >= 4 is 17.7 Å². The summed E-state index contributed by atoms with van der Waals surface area (Å²) in [6, 6.07) is 3.19. The van der Waals surface area contributed by atoms with Crippen LogP contribution in [0.25, 0.3) is 0 Å². The molecule has 2 heterocycles. The van der Waals surface area contributed by atoms with Gasteiger partial charge in [0, 0.05) is 0 Å². The van der Waals surface area contributed by atoms with E-state index in [1.807, 2.05) is 0 Å². The van der Waals surface area contributed by atoms with E-state index in [0.29, 0.717) is 16.8 Å². The fourth-order valence-corrected chi connectivity index (χ4v) is 2.02. The number of aromatic carboxylic acids is 1. The van der Waals surface area contributed by atoms with Crippen LogP contribution in [0.15, 0.2) is 16.5 Å². The molecule has 0 amide bonds. The number of hydrogen-bond acceptors (Lipinski definition) is 4. The van der Waals surface area contributed by atoms with Crippen LogP contribution < -0.4 is 0 Å². The van der Waals surface area contributed by atoms with Gasteiger partial charge >= 0.3 is 5.97 Å². The number of rotatable bonds is 4. The molecule has 0 aromatic carbocycles. The van der Waals surface area contributed by atoms with Gasteiger partial charge in [-0.15, -0.1) is 11.8 Å². The normalized spacial score (nSPS) is 16.6. The molecule has 1 aliphatic rings. The minimum atomic E-state index is -1.02. The first-order valence-electron chi connectivity index (χ1n) is 4.27. The summed E-state index contributed by atoms with van der Waals surface area (Å²) < 4.78 is 10.1. The van der Waals surface area contributed by atoms with Gasteiger partial charge in [0.2, 0.25) is 5.76 Å². The third-order valence-corrected chi connectivity index (χ3v) is 3.14. The molecule has 5 heteroatoms. The highest BCUT2D eigenvalue weighted by molar-refractivity contribution is 7.99. The predicted octanol–water partition coefficient (Wildman–Crippen LogP) is 1.61. The second-order valence-corrected chi connectivity index (χ2v) is 4.33. The summed E-state index contributed by atoms with van der Waals surface area (Å²) in [6.45, 7) is 1.58. The molecule has 0 aliphatic carbocycles. The molecule has 4 nitrogen and oxygen atoms in total. The second-order valence-electron chi connectivity index (χ2n) is 3.04. The molecule has 0 unspecified atom stereocenters. The highest BCUT2D eigenvalue weighted by atomic mass is 32.2. The van der Waals surface area contributed by atoms with E-state index in [1.165, 1.54) is 6.07 Å². The SMILES string of the molecule is O=C(O)c1ccc(CSC2COC2)o1. The maximum absolute atomic E-state index is 10.5. The van der Waals surface area contributed by atoms with Crippen molar-refractivity contribution in [1.29, 1.82) is 0 Å². The number of carboxylic acid groups (broad SMARTS) is 1. The van der Waals surface area contributed by atoms with Crippen LogP contribution in [0.5, 0.6) is 0 Å². The Balaban J connectivity index is 1.86. The third-order valence-electron chi connectivity index (χ3n) is 1.94. The molecule has 1 saturated heterocycles. The average molecular weight is 214 g/mol. The number of carbonyl (C=O) groups is 1. The van der Waals surface area contributed by atoms with Gasteiger partial charge in [0.1, 0.15) is 5.76 Å². The van der Waals surface area contributed by atoms with Crippen LogP contribution in [0.4, 0.5) is 0 Å². The minimum absolute atomic E-state index is 0.00506. The maximum Gasteiger partial charge on any atom is 0.371 e. The Labute approximate surface area is 85.2 Å². The van der Waals surface area contributed by atoms with Crippen LogP contribution in [0.3, 0.4) is 0 Å². The summed E-state index contributed by atoms with van der Waals surface area (Å²) >= 11 is 1.73. The van der Waals surface area contributed by atoms with Gasteiger partial charge in [0.15, 0.2) is 0 Å². The predicted molar refractivity (Wildman–Crippen MR) is 51.6 cm³/mol. The Morgan fingerprint density at radius 2 is 2.36 bits per heavy atom. The monoisotopic (exact) mass is 214 g/mol. The van der Waals surface area contributed by atoms with Crippen molar-refractivity contribution in [2.24, 2.45) is 0 Å². The van der Waals surface area contributed by atoms with Crippen LogP contribution in [0.2, 0.25) is 0 Å². The van der Waals surface area contributed by atoms with Crippen LogP contribution in [-0.2, 0) is 10.5 Å². The molecular formula is C9H10O4S. The summed E-state index contributed by atoms with van der Waals surface area (Å²) in [6.07, 6.45) is 0. The first-order valence-corrected chi connectivity index (χ1v) is 5.32. The van der Waals surface area contributed by atoms with E-state index in [-0.39, 0.29) is 5.76 Å². The number of carboxylic acids is 1. The van der Waals surface area contributed by atoms with E-state index < -0.39 is 5.97 Å². The van der Waals surface area contributed by atoms with Crippen LogP contribution in [-0.4, -0.2) is 29.5 Å². The van der Waals surface area contributed by atoms with Crippen LogP contribution in [0, 0.1) is 0 Å². The molecule has 76 valence electrons. The lowest BCUT2D eigenvalue weighted by Crippen LogP contribution is -2.30. The van der Waals surface area contributed by atoms with Crippen molar-refractivity contribution in [2.45, 2.75) is 11.0 Å². The zero-order chi connectivity index (χ0) is 9.97. The minimum Gasteiger partial charge on any atom is -0.475 e. The number of thioether (sulfide) groups is 1. The molecule has 1 aromatic rings. The molecule has 0 radical (unpaired) electrons. The Kier molecular flexibility index (Phi) is 2.79. The molecule has 2 rings (SSSR count). The second kappa shape index (κ2) is 4.06. The van der Waals surface area contributed by atoms with Crippen molar-refractivity contribution in [3.63, 3.8) is 0 Å². The molecular weight excluding hydrogens is 204 g/mol. The van der Waals surface area contributed by atoms with Gasteiger partial charge in [-0.3, -0.25) is 0 Å². The summed E-state index contributed by atoms with van der Waals surface area (Å²) in [5, 5.41) is 9.15. The first kappa shape index (κ1) is 9.61. The van der Waals surface area contributed by atoms with E-state index in [1.54, 1.807) is 17.8 Å². The molecule has 1 fully saturated rings. The van der Waals surface area contributed by atoms with Gasteiger partial charge in [-0.1, -0.05) is 0 Å². The fourth-order valence-electron chi connectivity index (χ4n) is 1.08. The van der Waals surface area contributed by atoms with Gasteiger partial charge in [-0.2, -0.15) is 0 Å². The highest BCUT2D eigenvalue weighted by Gasteiger charge is 2.19. The largest absolute Gasteiger partial charge is 0.475 e. The van der Waals surface area contributed by atoms with E-state index in [4.69, 9.17) is 14.3 Å². The van der Waals surface area contributed by atoms with Crippen molar-refractivity contribution in [3.8, 4) is 0 Å². The van der Waals surface area contributed by atoms with Gasteiger partial charge in [0.05, 0.1) is 24.2 Å². The first-order chi connectivity index (χ1) is 6.75. The number of hydrogen-bond donors (Lipinski definition) is 1. The van der Waals surface area contributed by atoms with Gasteiger partial charge < -0.3 is 14.3 Å². The van der Waals surface area contributed by atoms with E-state index in [9.17, 15) is 4.79 Å². The summed E-state index contributed by atoms with van der Waals surface area (Å²) in [5.74, 6) is 0.402. The molecule has 1 aliphatic heterocycles.